The Labute approximate surface area is 94.1 Å². The first-order chi connectivity index (χ1) is 7.12. The van der Waals surface area contributed by atoms with Crippen LogP contribution in [0.2, 0.25) is 5.02 Å². The summed E-state index contributed by atoms with van der Waals surface area (Å²) in [5, 5.41) is 0.567. The van der Waals surface area contributed by atoms with E-state index < -0.39 is 0 Å². The van der Waals surface area contributed by atoms with E-state index in [1.807, 2.05) is 6.07 Å². The summed E-state index contributed by atoms with van der Waals surface area (Å²) in [6.07, 6.45) is 1.88. The van der Waals surface area contributed by atoms with Gasteiger partial charge in [-0.25, -0.2) is 0 Å². The molecule has 0 heterocycles. The van der Waals surface area contributed by atoms with E-state index in [1.54, 1.807) is 20.3 Å². The second kappa shape index (κ2) is 3.58. The van der Waals surface area contributed by atoms with Gasteiger partial charge >= 0.3 is 0 Å². The molecule has 2 rings (SSSR count). The Hall–Kier alpha value is -0.930. The van der Waals surface area contributed by atoms with E-state index in [4.69, 9.17) is 26.8 Å². The topological polar surface area (TPSA) is 44.5 Å². The van der Waals surface area contributed by atoms with Crippen LogP contribution in [0.5, 0.6) is 11.5 Å². The molecule has 1 aromatic rings. The van der Waals surface area contributed by atoms with E-state index >= 15 is 0 Å². The van der Waals surface area contributed by atoms with E-state index in [-0.39, 0.29) is 5.54 Å². The molecule has 82 valence electrons. The van der Waals surface area contributed by atoms with Gasteiger partial charge in [0.15, 0.2) is 0 Å². The number of halogens is 1. The Balaban J connectivity index is 2.56. The minimum atomic E-state index is -0.322. The Bertz CT molecular complexity index is 388. The van der Waals surface area contributed by atoms with Crippen LogP contribution in [0.15, 0.2) is 12.1 Å². The largest absolute Gasteiger partial charge is 0.496 e. The molecule has 15 heavy (non-hydrogen) atoms. The average Bonchev–Trinajstić information content (AvgIpc) is 2.96. The fourth-order valence-electron chi connectivity index (χ4n) is 1.72. The van der Waals surface area contributed by atoms with Crippen LogP contribution >= 0.6 is 11.6 Å². The van der Waals surface area contributed by atoms with Crippen molar-refractivity contribution in [1.29, 1.82) is 0 Å². The quantitative estimate of drug-likeness (QED) is 0.862. The monoisotopic (exact) mass is 227 g/mol. The molecule has 1 aromatic carbocycles. The van der Waals surface area contributed by atoms with E-state index in [1.165, 1.54) is 0 Å². The maximum Gasteiger partial charge on any atom is 0.138 e. The minimum Gasteiger partial charge on any atom is -0.496 e. The lowest BCUT2D eigenvalue weighted by Crippen LogP contribution is -2.20. The molecule has 0 radical (unpaired) electrons. The van der Waals surface area contributed by atoms with Crippen molar-refractivity contribution < 1.29 is 9.47 Å². The molecule has 0 unspecified atom stereocenters. The lowest BCUT2D eigenvalue weighted by molar-refractivity contribution is 0.394. The second-order valence-corrected chi connectivity index (χ2v) is 4.19. The van der Waals surface area contributed by atoms with Crippen LogP contribution in [0, 0.1) is 0 Å². The molecule has 0 atom stereocenters. The molecule has 0 saturated heterocycles. The van der Waals surface area contributed by atoms with Crippen molar-refractivity contribution in [1.82, 2.24) is 0 Å². The molecule has 0 bridgehead atoms. The van der Waals surface area contributed by atoms with Gasteiger partial charge < -0.3 is 15.2 Å². The lowest BCUT2D eigenvalue weighted by atomic mass is 10.0. The van der Waals surface area contributed by atoms with Gasteiger partial charge in [-0.3, -0.25) is 0 Å². The molecule has 3 nitrogen and oxygen atoms in total. The van der Waals surface area contributed by atoms with Crippen LogP contribution in [-0.4, -0.2) is 14.2 Å². The molecule has 0 aromatic heterocycles. The molecule has 0 spiro atoms. The number of rotatable bonds is 3. The summed E-state index contributed by atoms with van der Waals surface area (Å²) in [6, 6.07) is 3.63. The number of ether oxygens (including phenoxy) is 2. The minimum absolute atomic E-state index is 0.322. The second-order valence-electron chi connectivity index (χ2n) is 3.82. The number of hydrogen-bond donors (Lipinski definition) is 1. The predicted octanol–water partition coefficient (Wildman–Crippen LogP) is 2.31. The van der Waals surface area contributed by atoms with Crippen molar-refractivity contribution in [3.05, 3.63) is 22.7 Å². The Morgan fingerprint density at radius 1 is 1.20 bits per heavy atom. The molecular formula is C11H14ClNO2. The number of methoxy groups -OCH3 is 2. The molecule has 4 heteroatoms. The summed E-state index contributed by atoms with van der Waals surface area (Å²) in [5.41, 5.74) is 6.69. The zero-order chi connectivity index (χ0) is 11.1. The van der Waals surface area contributed by atoms with Crippen LogP contribution in [-0.2, 0) is 5.54 Å². The Morgan fingerprint density at radius 3 is 2.20 bits per heavy atom. The van der Waals surface area contributed by atoms with Crippen molar-refractivity contribution in [2.45, 2.75) is 18.4 Å². The third-order valence-electron chi connectivity index (χ3n) is 2.79. The first kappa shape index (κ1) is 10.6. The van der Waals surface area contributed by atoms with Crippen molar-refractivity contribution in [2.24, 2.45) is 5.73 Å². The van der Waals surface area contributed by atoms with Gasteiger partial charge in [0.1, 0.15) is 11.5 Å². The van der Waals surface area contributed by atoms with Gasteiger partial charge in [0, 0.05) is 11.1 Å². The molecule has 2 N–H and O–H groups in total. The van der Waals surface area contributed by atoms with Crippen molar-refractivity contribution in [3.63, 3.8) is 0 Å². The molecule has 1 saturated carbocycles. The van der Waals surface area contributed by atoms with E-state index in [0.717, 1.165) is 24.2 Å². The zero-order valence-corrected chi connectivity index (χ0v) is 9.60. The summed E-state index contributed by atoms with van der Waals surface area (Å²) in [6.45, 7) is 0. The summed E-state index contributed by atoms with van der Waals surface area (Å²) in [5.74, 6) is 1.38. The van der Waals surface area contributed by atoms with Crippen molar-refractivity contribution in [2.75, 3.05) is 14.2 Å². The Morgan fingerprint density at radius 2 is 1.73 bits per heavy atom. The predicted molar refractivity (Wildman–Crippen MR) is 59.7 cm³/mol. The lowest BCUT2D eigenvalue weighted by Gasteiger charge is -2.17. The first-order valence-corrected chi connectivity index (χ1v) is 5.20. The highest BCUT2D eigenvalue weighted by Gasteiger charge is 2.44. The normalized spacial score (nSPS) is 17.3. The van der Waals surface area contributed by atoms with E-state index in [9.17, 15) is 0 Å². The number of benzene rings is 1. The van der Waals surface area contributed by atoms with Crippen LogP contribution in [0.1, 0.15) is 18.4 Å². The highest BCUT2D eigenvalue weighted by molar-refractivity contribution is 6.33. The highest BCUT2D eigenvalue weighted by Crippen LogP contribution is 2.51. The smallest absolute Gasteiger partial charge is 0.138 e. The first-order valence-electron chi connectivity index (χ1n) is 4.82. The maximum atomic E-state index is 6.23. The number of hydrogen-bond acceptors (Lipinski definition) is 3. The van der Waals surface area contributed by atoms with Gasteiger partial charge in [-0.1, -0.05) is 11.6 Å². The third-order valence-corrected chi connectivity index (χ3v) is 3.17. The molecule has 0 amide bonds. The molecule has 1 fully saturated rings. The maximum absolute atomic E-state index is 6.23. The van der Waals surface area contributed by atoms with Gasteiger partial charge in [0.25, 0.3) is 0 Å². The van der Waals surface area contributed by atoms with E-state index in [0.29, 0.717) is 10.8 Å². The molecule has 1 aliphatic rings. The van der Waals surface area contributed by atoms with Crippen molar-refractivity contribution in [3.8, 4) is 11.5 Å². The van der Waals surface area contributed by atoms with Crippen LogP contribution in [0.4, 0.5) is 0 Å². The zero-order valence-electron chi connectivity index (χ0n) is 8.84. The fraction of sp³-hybridized carbons (Fsp3) is 0.455. The van der Waals surface area contributed by atoms with Gasteiger partial charge in [-0.15, -0.1) is 0 Å². The van der Waals surface area contributed by atoms with E-state index in [2.05, 4.69) is 0 Å². The van der Waals surface area contributed by atoms with Gasteiger partial charge in [0.05, 0.1) is 19.2 Å². The summed E-state index contributed by atoms with van der Waals surface area (Å²) >= 11 is 6.23. The molecule has 0 aliphatic heterocycles. The molecular weight excluding hydrogens is 214 g/mol. The van der Waals surface area contributed by atoms with Crippen molar-refractivity contribution >= 4 is 11.6 Å². The SMILES string of the molecule is COc1ccc(OC)c(C2(N)CC2)c1Cl. The third kappa shape index (κ3) is 1.66. The summed E-state index contributed by atoms with van der Waals surface area (Å²) < 4.78 is 10.4. The van der Waals surface area contributed by atoms with Crippen LogP contribution < -0.4 is 15.2 Å². The van der Waals surface area contributed by atoms with Gasteiger partial charge in [0.2, 0.25) is 0 Å². The Kier molecular flexibility index (Phi) is 2.52. The fourth-order valence-corrected chi connectivity index (χ4v) is 2.14. The average molecular weight is 228 g/mol. The molecule has 1 aliphatic carbocycles. The summed E-state index contributed by atoms with van der Waals surface area (Å²) in [7, 11) is 3.21. The van der Waals surface area contributed by atoms with Gasteiger partial charge in [-0.05, 0) is 25.0 Å². The standard InChI is InChI=1S/C11H14ClNO2/c1-14-7-3-4-8(15-2)10(12)9(7)11(13)5-6-11/h3-4H,5-6,13H2,1-2H3. The number of nitrogens with two attached hydrogens (primary N) is 1. The van der Waals surface area contributed by atoms with Crippen LogP contribution in [0.25, 0.3) is 0 Å². The van der Waals surface area contributed by atoms with Crippen LogP contribution in [0.3, 0.4) is 0 Å². The van der Waals surface area contributed by atoms with Gasteiger partial charge in [-0.2, -0.15) is 0 Å². The summed E-state index contributed by atoms with van der Waals surface area (Å²) in [4.78, 5) is 0. The highest BCUT2D eigenvalue weighted by atomic mass is 35.5.